The van der Waals surface area contributed by atoms with Crippen molar-refractivity contribution in [2.24, 2.45) is 0 Å². The van der Waals surface area contributed by atoms with Crippen LogP contribution in [0, 0.1) is 0 Å². The summed E-state index contributed by atoms with van der Waals surface area (Å²) in [6.07, 6.45) is 0. The van der Waals surface area contributed by atoms with E-state index in [-0.39, 0.29) is 11.3 Å². The Balaban J connectivity index is 2.63. The molecule has 3 nitrogen and oxygen atoms in total. The van der Waals surface area contributed by atoms with Crippen LogP contribution in [0.25, 0.3) is 0 Å². The molecule has 90 valence electrons. The SMILES string of the molecule is COCC(C)(C)NCc1cc(Cl)ccc1O. The highest BCUT2D eigenvalue weighted by Crippen LogP contribution is 2.21. The first-order valence-electron chi connectivity index (χ1n) is 5.16. The van der Waals surface area contributed by atoms with Gasteiger partial charge in [-0.3, -0.25) is 0 Å². The van der Waals surface area contributed by atoms with Gasteiger partial charge in [0.05, 0.1) is 6.61 Å². The summed E-state index contributed by atoms with van der Waals surface area (Å²) in [4.78, 5) is 0. The van der Waals surface area contributed by atoms with Crippen molar-refractivity contribution in [1.82, 2.24) is 5.32 Å². The average molecular weight is 244 g/mol. The minimum absolute atomic E-state index is 0.135. The molecule has 0 aromatic heterocycles. The monoisotopic (exact) mass is 243 g/mol. The van der Waals surface area contributed by atoms with E-state index >= 15 is 0 Å². The molecule has 4 heteroatoms. The molecule has 0 unspecified atom stereocenters. The van der Waals surface area contributed by atoms with Gasteiger partial charge in [0.25, 0.3) is 0 Å². The van der Waals surface area contributed by atoms with Gasteiger partial charge in [-0.15, -0.1) is 0 Å². The number of rotatable bonds is 5. The molecule has 0 atom stereocenters. The highest BCUT2D eigenvalue weighted by molar-refractivity contribution is 6.30. The zero-order chi connectivity index (χ0) is 12.2. The average Bonchev–Trinajstić information content (AvgIpc) is 2.19. The van der Waals surface area contributed by atoms with Crippen LogP contribution in [0.5, 0.6) is 5.75 Å². The Labute approximate surface area is 101 Å². The number of ether oxygens (including phenoxy) is 1. The Hall–Kier alpha value is -0.770. The van der Waals surface area contributed by atoms with E-state index in [1.807, 2.05) is 13.8 Å². The minimum Gasteiger partial charge on any atom is -0.508 e. The van der Waals surface area contributed by atoms with E-state index in [9.17, 15) is 5.11 Å². The Morgan fingerprint density at radius 2 is 2.12 bits per heavy atom. The lowest BCUT2D eigenvalue weighted by molar-refractivity contribution is 0.127. The van der Waals surface area contributed by atoms with Crippen molar-refractivity contribution in [2.75, 3.05) is 13.7 Å². The second-order valence-electron chi connectivity index (χ2n) is 4.44. The molecular formula is C12H18ClNO2. The summed E-state index contributed by atoms with van der Waals surface area (Å²) in [7, 11) is 1.67. The molecule has 0 spiro atoms. The van der Waals surface area contributed by atoms with Crippen molar-refractivity contribution in [3.63, 3.8) is 0 Å². The zero-order valence-electron chi connectivity index (χ0n) is 9.88. The van der Waals surface area contributed by atoms with Crippen molar-refractivity contribution in [2.45, 2.75) is 25.9 Å². The van der Waals surface area contributed by atoms with Crippen molar-refractivity contribution in [3.05, 3.63) is 28.8 Å². The summed E-state index contributed by atoms with van der Waals surface area (Å²) in [6, 6.07) is 5.02. The van der Waals surface area contributed by atoms with Gasteiger partial charge in [-0.25, -0.2) is 0 Å². The summed E-state index contributed by atoms with van der Waals surface area (Å²) in [5.74, 6) is 0.255. The van der Waals surface area contributed by atoms with Crippen molar-refractivity contribution in [3.8, 4) is 5.75 Å². The van der Waals surface area contributed by atoms with E-state index in [4.69, 9.17) is 16.3 Å². The molecule has 0 heterocycles. The number of benzene rings is 1. The van der Waals surface area contributed by atoms with E-state index < -0.39 is 0 Å². The van der Waals surface area contributed by atoms with E-state index in [1.165, 1.54) is 0 Å². The van der Waals surface area contributed by atoms with E-state index in [1.54, 1.807) is 25.3 Å². The number of halogens is 1. The predicted octanol–water partition coefficient (Wildman–Crippen LogP) is 2.56. The normalized spacial score (nSPS) is 11.8. The van der Waals surface area contributed by atoms with Gasteiger partial charge in [-0.2, -0.15) is 0 Å². The van der Waals surface area contributed by atoms with Gasteiger partial charge in [-0.05, 0) is 32.0 Å². The lowest BCUT2D eigenvalue weighted by Gasteiger charge is -2.25. The molecule has 0 aliphatic heterocycles. The highest BCUT2D eigenvalue weighted by atomic mass is 35.5. The highest BCUT2D eigenvalue weighted by Gasteiger charge is 2.17. The molecule has 0 aliphatic carbocycles. The third-order valence-electron chi connectivity index (χ3n) is 2.30. The quantitative estimate of drug-likeness (QED) is 0.835. The number of methoxy groups -OCH3 is 1. The van der Waals surface area contributed by atoms with Gasteiger partial charge in [0.15, 0.2) is 0 Å². The number of phenols is 1. The topological polar surface area (TPSA) is 41.5 Å². The summed E-state index contributed by atoms with van der Waals surface area (Å²) in [5.41, 5.74) is 0.653. The number of hydrogen-bond donors (Lipinski definition) is 2. The van der Waals surface area contributed by atoms with Crippen molar-refractivity contribution < 1.29 is 9.84 Å². The van der Waals surface area contributed by atoms with E-state index in [0.717, 1.165) is 5.56 Å². The molecule has 0 bridgehead atoms. The third-order valence-corrected chi connectivity index (χ3v) is 2.54. The maximum atomic E-state index is 9.63. The predicted molar refractivity (Wildman–Crippen MR) is 65.9 cm³/mol. The largest absolute Gasteiger partial charge is 0.508 e. The summed E-state index contributed by atoms with van der Waals surface area (Å²) in [6.45, 7) is 5.24. The molecule has 0 amide bonds. The lowest BCUT2D eigenvalue weighted by Crippen LogP contribution is -2.42. The Bertz CT molecular complexity index is 353. The molecule has 0 saturated heterocycles. The smallest absolute Gasteiger partial charge is 0.120 e. The van der Waals surface area contributed by atoms with Gasteiger partial charge in [-0.1, -0.05) is 11.6 Å². The standard InChI is InChI=1S/C12H18ClNO2/c1-12(2,8-16-3)14-7-9-6-10(13)4-5-11(9)15/h4-6,14-15H,7-8H2,1-3H3. The molecule has 1 rings (SSSR count). The first-order chi connectivity index (χ1) is 7.44. The van der Waals surface area contributed by atoms with Crippen LogP contribution in [-0.4, -0.2) is 24.4 Å². The Kier molecular flexibility index (Phi) is 4.59. The lowest BCUT2D eigenvalue weighted by atomic mass is 10.1. The van der Waals surface area contributed by atoms with Crippen molar-refractivity contribution >= 4 is 11.6 Å². The van der Waals surface area contributed by atoms with Crippen LogP contribution in [0.2, 0.25) is 5.02 Å². The van der Waals surface area contributed by atoms with E-state index in [2.05, 4.69) is 5.32 Å². The van der Waals surface area contributed by atoms with Gasteiger partial charge >= 0.3 is 0 Å². The molecule has 0 aliphatic rings. The van der Waals surface area contributed by atoms with Crippen LogP contribution < -0.4 is 5.32 Å². The van der Waals surface area contributed by atoms with Gasteiger partial charge in [0, 0.05) is 29.8 Å². The molecular weight excluding hydrogens is 226 g/mol. The fourth-order valence-electron chi connectivity index (χ4n) is 1.44. The first-order valence-corrected chi connectivity index (χ1v) is 5.54. The number of aromatic hydroxyl groups is 1. The molecule has 1 aromatic carbocycles. The molecule has 0 saturated carbocycles. The Morgan fingerprint density at radius 3 is 2.75 bits per heavy atom. The van der Waals surface area contributed by atoms with Crippen LogP contribution in [0.3, 0.4) is 0 Å². The second-order valence-corrected chi connectivity index (χ2v) is 4.88. The summed E-state index contributed by atoms with van der Waals surface area (Å²) < 4.78 is 5.10. The van der Waals surface area contributed by atoms with Crippen LogP contribution in [0.15, 0.2) is 18.2 Å². The molecule has 2 N–H and O–H groups in total. The molecule has 0 fully saturated rings. The summed E-state index contributed by atoms with van der Waals surface area (Å²) in [5, 5.41) is 13.6. The molecule has 1 aromatic rings. The molecule has 0 radical (unpaired) electrons. The Morgan fingerprint density at radius 1 is 1.44 bits per heavy atom. The van der Waals surface area contributed by atoms with Crippen LogP contribution in [0.1, 0.15) is 19.4 Å². The van der Waals surface area contributed by atoms with Gasteiger partial charge in [0.2, 0.25) is 0 Å². The number of nitrogens with one attached hydrogen (secondary N) is 1. The van der Waals surface area contributed by atoms with Crippen molar-refractivity contribution in [1.29, 1.82) is 0 Å². The fourth-order valence-corrected chi connectivity index (χ4v) is 1.64. The molecule has 16 heavy (non-hydrogen) atoms. The van der Waals surface area contributed by atoms with Crippen LogP contribution in [-0.2, 0) is 11.3 Å². The number of hydrogen-bond acceptors (Lipinski definition) is 3. The maximum absolute atomic E-state index is 9.63. The van der Waals surface area contributed by atoms with Gasteiger partial charge < -0.3 is 15.2 Å². The minimum atomic E-state index is -0.135. The van der Waals surface area contributed by atoms with Crippen LogP contribution >= 0.6 is 11.6 Å². The number of phenolic OH excluding ortho intramolecular Hbond substituents is 1. The van der Waals surface area contributed by atoms with Gasteiger partial charge in [0.1, 0.15) is 5.75 Å². The second kappa shape index (κ2) is 5.53. The first kappa shape index (κ1) is 13.3. The van der Waals surface area contributed by atoms with Crippen LogP contribution in [0.4, 0.5) is 0 Å². The summed E-state index contributed by atoms with van der Waals surface area (Å²) >= 11 is 5.86. The van der Waals surface area contributed by atoms with E-state index in [0.29, 0.717) is 18.2 Å². The fraction of sp³-hybridized carbons (Fsp3) is 0.500. The maximum Gasteiger partial charge on any atom is 0.120 e. The zero-order valence-corrected chi connectivity index (χ0v) is 10.6. The third kappa shape index (κ3) is 4.00.